The number of aromatic nitrogens is 3. The summed E-state index contributed by atoms with van der Waals surface area (Å²) in [6.45, 7) is 6.16. The third-order valence-corrected chi connectivity index (χ3v) is 4.51. The van der Waals surface area contributed by atoms with E-state index in [-0.39, 0.29) is 5.69 Å². The van der Waals surface area contributed by atoms with Gasteiger partial charge < -0.3 is 4.74 Å². The molecule has 0 radical (unpaired) electrons. The molecule has 0 saturated heterocycles. The summed E-state index contributed by atoms with van der Waals surface area (Å²) in [6, 6.07) is 6.84. The number of carbonyl (C=O) groups excluding carboxylic acids is 1. The van der Waals surface area contributed by atoms with Crippen molar-refractivity contribution in [3.05, 3.63) is 52.4 Å². The second-order valence-electron chi connectivity index (χ2n) is 8.02. The van der Waals surface area contributed by atoms with E-state index in [2.05, 4.69) is 34.6 Å². The molecule has 0 unspecified atom stereocenters. The fourth-order valence-electron chi connectivity index (χ4n) is 3.20. The van der Waals surface area contributed by atoms with Crippen LogP contribution in [0.2, 0.25) is 0 Å². The van der Waals surface area contributed by atoms with E-state index in [0.29, 0.717) is 6.54 Å². The number of benzene rings is 1. The molecule has 0 aliphatic heterocycles. The van der Waals surface area contributed by atoms with Crippen LogP contribution < -0.4 is 0 Å². The highest BCUT2D eigenvalue weighted by atomic mass is 16.6. The molecular formula is C20H23N3O2. The van der Waals surface area contributed by atoms with Gasteiger partial charge in [-0.25, -0.2) is 9.48 Å². The van der Waals surface area contributed by atoms with Crippen molar-refractivity contribution in [1.29, 1.82) is 0 Å². The average Bonchev–Trinajstić information content (AvgIpc) is 3.13. The predicted molar refractivity (Wildman–Crippen MR) is 95.3 cm³/mol. The van der Waals surface area contributed by atoms with Crippen LogP contribution in [0.1, 0.15) is 66.7 Å². The van der Waals surface area contributed by atoms with Crippen molar-refractivity contribution in [3.63, 3.8) is 0 Å². The minimum atomic E-state index is -0.532. The monoisotopic (exact) mass is 337 g/mol. The molecule has 1 aromatic carbocycles. The fraction of sp³-hybridized carbons (Fsp3) is 0.450. The molecule has 5 heteroatoms. The molecule has 1 aromatic heterocycles. The zero-order valence-electron chi connectivity index (χ0n) is 15.0. The lowest BCUT2D eigenvalue weighted by atomic mass is 10.0. The topological polar surface area (TPSA) is 57.0 Å². The molecule has 1 heterocycles. The number of carbonyl (C=O) groups is 1. The summed E-state index contributed by atoms with van der Waals surface area (Å²) in [5.41, 5.74) is 5.16. The van der Waals surface area contributed by atoms with E-state index >= 15 is 0 Å². The maximum Gasteiger partial charge on any atom is 0.361 e. The SMILES string of the molecule is CC(C)(C)OC(=O)c1cn(CC2=Cc3cc(C4CC4)ccc3C2)nn1. The molecule has 0 spiro atoms. The van der Waals surface area contributed by atoms with Crippen molar-refractivity contribution in [2.75, 3.05) is 0 Å². The first kappa shape index (κ1) is 16.1. The lowest BCUT2D eigenvalue weighted by Crippen LogP contribution is -2.24. The molecule has 0 bridgehead atoms. The van der Waals surface area contributed by atoms with Gasteiger partial charge in [0.2, 0.25) is 0 Å². The van der Waals surface area contributed by atoms with Crippen LogP contribution in [0.25, 0.3) is 6.08 Å². The molecule has 130 valence electrons. The Morgan fingerprint density at radius 3 is 2.84 bits per heavy atom. The van der Waals surface area contributed by atoms with Gasteiger partial charge in [0.05, 0.1) is 12.7 Å². The Morgan fingerprint density at radius 1 is 1.32 bits per heavy atom. The van der Waals surface area contributed by atoms with Crippen molar-refractivity contribution in [2.45, 2.75) is 58.1 Å². The second kappa shape index (κ2) is 5.83. The first-order valence-corrected chi connectivity index (χ1v) is 8.83. The summed E-state index contributed by atoms with van der Waals surface area (Å²) >= 11 is 0. The van der Waals surface area contributed by atoms with E-state index in [1.54, 1.807) is 10.9 Å². The minimum Gasteiger partial charge on any atom is -0.455 e. The number of fused-ring (bicyclic) bond motifs is 1. The summed E-state index contributed by atoms with van der Waals surface area (Å²) in [4.78, 5) is 12.0. The smallest absolute Gasteiger partial charge is 0.361 e. The Balaban J connectivity index is 1.44. The summed E-state index contributed by atoms with van der Waals surface area (Å²) in [5.74, 6) is 0.339. The highest BCUT2D eigenvalue weighted by molar-refractivity contribution is 5.87. The van der Waals surface area contributed by atoms with Crippen LogP contribution >= 0.6 is 0 Å². The maximum atomic E-state index is 12.0. The van der Waals surface area contributed by atoms with Gasteiger partial charge in [-0.2, -0.15) is 0 Å². The van der Waals surface area contributed by atoms with Crippen LogP contribution in [0.3, 0.4) is 0 Å². The summed E-state index contributed by atoms with van der Waals surface area (Å²) in [6.07, 6.45) is 7.48. The van der Waals surface area contributed by atoms with Crippen LogP contribution in [0.5, 0.6) is 0 Å². The molecule has 0 amide bonds. The molecule has 0 N–H and O–H groups in total. The van der Waals surface area contributed by atoms with Crippen LogP contribution in [-0.4, -0.2) is 26.6 Å². The van der Waals surface area contributed by atoms with Gasteiger partial charge in [0.15, 0.2) is 5.69 Å². The average molecular weight is 337 g/mol. The van der Waals surface area contributed by atoms with Gasteiger partial charge in [0.1, 0.15) is 5.60 Å². The van der Waals surface area contributed by atoms with Crippen molar-refractivity contribution in [1.82, 2.24) is 15.0 Å². The highest BCUT2D eigenvalue weighted by Crippen LogP contribution is 2.41. The summed E-state index contributed by atoms with van der Waals surface area (Å²) in [7, 11) is 0. The van der Waals surface area contributed by atoms with Crippen molar-refractivity contribution in [3.8, 4) is 0 Å². The van der Waals surface area contributed by atoms with E-state index in [9.17, 15) is 4.79 Å². The Kier molecular flexibility index (Phi) is 3.74. The zero-order chi connectivity index (χ0) is 17.6. The zero-order valence-corrected chi connectivity index (χ0v) is 15.0. The van der Waals surface area contributed by atoms with Crippen molar-refractivity contribution >= 4 is 12.0 Å². The first-order chi connectivity index (χ1) is 11.9. The fourth-order valence-corrected chi connectivity index (χ4v) is 3.20. The number of hydrogen-bond donors (Lipinski definition) is 0. The molecular weight excluding hydrogens is 314 g/mol. The second-order valence-corrected chi connectivity index (χ2v) is 8.02. The quantitative estimate of drug-likeness (QED) is 0.797. The number of hydrogen-bond acceptors (Lipinski definition) is 4. The van der Waals surface area contributed by atoms with Crippen molar-refractivity contribution in [2.24, 2.45) is 0 Å². The molecule has 0 atom stereocenters. The number of esters is 1. The molecule has 25 heavy (non-hydrogen) atoms. The molecule has 1 fully saturated rings. The van der Waals surface area contributed by atoms with E-state index < -0.39 is 11.6 Å². The summed E-state index contributed by atoms with van der Waals surface area (Å²) in [5, 5.41) is 8.02. The molecule has 4 rings (SSSR count). The number of rotatable bonds is 4. The van der Waals surface area contributed by atoms with E-state index in [4.69, 9.17) is 4.74 Å². The normalized spacial score (nSPS) is 16.5. The Morgan fingerprint density at radius 2 is 2.12 bits per heavy atom. The number of nitrogens with zero attached hydrogens (tertiary/aromatic N) is 3. The predicted octanol–water partition coefficient (Wildman–Crippen LogP) is 3.75. The number of allylic oxidation sites excluding steroid dienone is 1. The summed E-state index contributed by atoms with van der Waals surface area (Å²) < 4.78 is 7.04. The van der Waals surface area contributed by atoms with Crippen LogP contribution in [0.15, 0.2) is 30.0 Å². The third-order valence-electron chi connectivity index (χ3n) is 4.51. The molecule has 2 aliphatic rings. The van der Waals surface area contributed by atoms with Gasteiger partial charge in [0, 0.05) is 0 Å². The van der Waals surface area contributed by atoms with E-state index in [1.807, 2.05) is 20.8 Å². The van der Waals surface area contributed by atoms with Gasteiger partial charge >= 0.3 is 5.97 Å². The standard InChI is InChI=1S/C20H23N3O2/c1-20(2,3)25-19(24)18-12-23(22-21-18)11-13-8-15-6-7-16(14-4-5-14)10-17(15)9-13/h6-7,9-10,12,14H,4-5,8,11H2,1-3H3. The van der Waals surface area contributed by atoms with Crippen molar-refractivity contribution < 1.29 is 9.53 Å². The largest absolute Gasteiger partial charge is 0.455 e. The Bertz CT molecular complexity index is 854. The number of ether oxygens (including phenoxy) is 1. The maximum absolute atomic E-state index is 12.0. The Hall–Kier alpha value is -2.43. The van der Waals surface area contributed by atoms with Crippen LogP contribution in [0, 0.1) is 0 Å². The molecule has 1 saturated carbocycles. The molecule has 2 aromatic rings. The van der Waals surface area contributed by atoms with E-state index in [1.165, 1.54) is 35.1 Å². The third kappa shape index (κ3) is 3.65. The lowest BCUT2D eigenvalue weighted by Gasteiger charge is -2.18. The Labute approximate surface area is 147 Å². The molecule has 2 aliphatic carbocycles. The van der Waals surface area contributed by atoms with Gasteiger partial charge in [-0.15, -0.1) is 5.10 Å². The van der Waals surface area contributed by atoms with Gasteiger partial charge in [-0.1, -0.05) is 29.5 Å². The molecule has 5 nitrogen and oxygen atoms in total. The van der Waals surface area contributed by atoms with Crippen LogP contribution in [0.4, 0.5) is 0 Å². The minimum absolute atomic E-state index is 0.252. The van der Waals surface area contributed by atoms with Gasteiger partial charge in [-0.05, 0) is 68.2 Å². The van der Waals surface area contributed by atoms with Gasteiger partial charge in [0.25, 0.3) is 0 Å². The lowest BCUT2D eigenvalue weighted by molar-refractivity contribution is 0.00627. The van der Waals surface area contributed by atoms with Gasteiger partial charge in [-0.3, -0.25) is 0 Å². The van der Waals surface area contributed by atoms with Crippen LogP contribution in [-0.2, 0) is 17.7 Å². The highest BCUT2D eigenvalue weighted by Gasteiger charge is 2.25. The van der Waals surface area contributed by atoms with E-state index in [0.717, 1.165) is 12.3 Å². The first-order valence-electron chi connectivity index (χ1n) is 8.83.